The number of nitrogens with zero attached hydrogens (tertiary/aromatic N) is 13. The predicted octanol–water partition coefficient (Wildman–Crippen LogP) is 4.07. The molecule has 0 radical (unpaired) electrons. The Kier molecular flexibility index (Phi) is 25.8. The van der Waals surface area contributed by atoms with E-state index in [4.69, 9.17) is 49.1 Å². The first kappa shape index (κ1) is 65.1. The molecule has 29 heteroatoms. The highest BCUT2D eigenvalue weighted by Gasteiger charge is 2.19. The van der Waals surface area contributed by atoms with E-state index in [0.29, 0.717) is 39.9 Å². The number of carboxylic acids is 1. The number of nitrogens with two attached hydrogens (primary N) is 6. The van der Waals surface area contributed by atoms with Crippen LogP contribution in [0, 0.1) is 34.6 Å². The molecule has 0 aliphatic heterocycles. The van der Waals surface area contributed by atoms with Crippen LogP contribution in [0.4, 0.5) is 34.9 Å². The minimum Gasteiger partial charge on any atom is -0.504 e. The zero-order valence-corrected chi connectivity index (χ0v) is 46.3. The summed E-state index contributed by atoms with van der Waals surface area (Å²) in [5.41, 5.74) is 39.5. The van der Waals surface area contributed by atoms with E-state index >= 15 is 0 Å². The molecule has 0 unspecified atom stereocenters. The monoisotopic (exact) mass is 1120 g/mol. The average molecular weight is 1120 g/mol. The number of hydrogen-bond donors (Lipinski definition) is 7. The summed E-state index contributed by atoms with van der Waals surface area (Å²) in [5.74, 6) is -2.12. The number of carbonyl (C=O) groups excluding carboxylic acids is 4. The molecular formula is C53H61N19O10. The number of carboxylic acid groups (broad SMARTS) is 1. The number of carbonyl (C=O) groups is 5. The molecule has 0 saturated heterocycles. The van der Waals surface area contributed by atoms with Crippen molar-refractivity contribution in [2.24, 2.45) is 0 Å². The lowest BCUT2D eigenvalue weighted by molar-refractivity contribution is -0.0760. The highest BCUT2D eigenvalue weighted by molar-refractivity contribution is 6.10. The molecule has 0 aliphatic rings. The highest BCUT2D eigenvalue weighted by atomic mass is 16.7. The van der Waals surface area contributed by atoms with Gasteiger partial charge in [-0.15, -0.1) is 0 Å². The Morgan fingerprint density at radius 1 is 0.451 bits per heavy atom. The van der Waals surface area contributed by atoms with Gasteiger partial charge in [0, 0.05) is 30.6 Å². The number of hydrogen-bond acceptors (Lipinski definition) is 27. The average Bonchev–Trinajstić information content (AvgIpc) is 3.56. The number of ketones is 1. The highest BCUT2D eigenvalue weighted by Crippen LogP contribution is 2.25. The van der Waals surface area contributed by atoms with Gasteiger partial charge in [0.1, 0.15) is 11.5 Å². The molecule has 82 heavy (non-hydrogen) atoms. The van der Waals surface area contributed by atoms with Crippen molar-refractivity contribution in [3.63, 3.8) is 0 Å². The molecule has 6 heterocycles. The number of aromatic nitrogens is 12. The Labute approximate surface area is 470 Å². The zero-order valence-electron chi connectivity index (χ0n) is 46.3. The quantitative estimate of drug-likeness (QED) is 0.0439. The summed E-state index contributed by atoms with van der Waals surface area (Å²) in [7, 11) is 6.99. The van der Waals surface area contributed by atoms with Crippen LogP contribution in [0.25, 0.3) is 5.57 Å². The van der Waals surface area contributed by atoms with Crippen molar-refractivity contribution in [1.29, 1.82) is 0 Å². The van der Waals surface area contributed by atoms with Gasteiger partial charge in [-0.2, -0.15) is 0 Å². The third kappa shape index (κ3) is 20.0. The fourth-order valence-electron chi connectivity index (χ4n) is 5.92. The van der Waals surface area contributed by atoms with Crippen LogP contribution in [-0.4, -0.2) is 135 Å². The number of benzene rings is 2. The molecule has 0 fully saturated rings. The largest absolute Gasteiger partial charge is 0.504 e. The van der Waals surface area contributed by atoms with Gasteiger partial charge in [-0.3, -0.25) is 14.4 Å². The van der Waals surface area contributed by atoms with Crippen molar-refractivity contribution in [2.45, 2.75) is 34.6 Å². The topological polar surface area (TPSA) is 457 Å². The second kappa shape index (κ2) is 32.5. The molecule has 8 rings (SSSR count). The SMILES string of the molecule is CO/C=C(\c1ccccc1)c1nc(C)cnc1N.COC(=O)c1nc(C)cnc1N.COC(=O)c1nccnc1N.CON(C)C(=O)c1nc(C)cnc1N.Cc1cnc(N)c(C(=O)O)n1.Cc1cnc(N)c(C(=O)c2ccccc2)n1. The number of methoxy groups -OCH3 is 3. The molecular weight excluding hydrogens is 1060 g/mol. The van der Waals surface area contributed by atoms with E-state index in [0.717, 1.165) is 21.9 Å². The van der Waals surface area contributed by atoms with Gasteiger partial charge in [0.25, 0.3) is 5.91 Å². The molecule has 13 N–H and O–H groups in total. The summed E-state index contributed by atoms with van der Waals surface area (Å²) in [5, 5.41) is 9.55. The maximum atomic E-state index is 12.0. The first-order valence-corrected chi connectivity index (χ1v) is 23.6. The molecule has 0 atom stereocenters. The molecule has 29 nitrogen and oxygen atoms in total. The van der Waals surface area contributed by atoms with E-state index in [2.05, 4.69) is 69.3 Å². The van der Waals surface area contributed by atoms with E-state index in [9.17, 15) is 24.0 Å². The molecule has 0 aliphatic carbocycles. The lowest BCUT2D eigenvalue weighted by Crippen LogP contribution is -2.27. The van der Waals surface area contributed by atoms with Crippen LogP contribution < -0.4 is 34.4 Å². The lowest BCUT2D eigenvalue weighted by Gasteiger charge is -2.13. The van der Waals surface area contributed by atoms with Crippen LogP contribution >= 0.6 is 0 Å². The number of aromatic carboxylic acids is 1. The van der Waals surface area contributed by atoms with Crippen molar-refractivity contribution in [1.82, 2.24) is 64.9 Å². The first-order valence-electron chi connectivity index (χ1n) is 23.6. The smallest absolute Gasteiger partial charge is 0.360 e. The van der Waals surface area contributed by atoms with Crippen molar-refractivity contribution in [3.05, 3.63) is 184 Å². The number of anilines is 6. The fraction of sp³-hybridized carbons (Fsp3) is 0.189. The van der Waals surface area contributed by atoms with Crippen molar-refractivity contribution < 1.29 is 48.1 Å². The number of esters is 2. The summed E-state index contributed by atoms with van der Waals surface area (Å²) in [6.45, 7) is 8.76. The van der Waals surface area contributed by atoms with Crippen LogP contribution in [0.3, 0.4) is 0 Å². The number of hydroxylamine groups is 2. The van der Waals surface area contributed by atoms with E-state index < -0.39 is 23.8 Å². The number of amides is 1. The number of aryl methyl sites for hydroxylation is 5. The van der Waals surface area contributed by atoms with Crippen LogP contribution in [-0.2, 0) is 19.0 Å². The van der Waals surface area contributed by atoms with Crippen molar-refractivity contribution >= 4 is 70.1 Å². The summed E-state index contributed by atoms with van der Waals surface area (Å²) in [6, 6.07) is 18.7. The van der Waals surface area contributed by atoms with E-state index in [1.807, 2.05) is 43.3 Å². The second-order valence-corrected chi connectivity index (χ2v) is 16.1. The van der Waals surface area contributed by atoms with Gasteiger partial charge in [-0.1, -0.05) is 60.7 Å². The number of rotatable bonds is 10. The van der Waals surface area contributed by atoms with Crippen LogP contribution in [0.5, 0.6) is 0 Å². The Morgan fingerprint density at radius 2 is 0.805 bits per heavy atom. The zero-order chi connectivity index (χ0) is 61.1. The molecule has 0 spiro atoms. The standard InChI is InChI=1S/C14H15N3O.C12H11N3O.C8H12N4O2.C7H9N3O2.2C6H7N3O2/c1-10-8-16-14(15)13(17-10)12(9-18-2)11-6-4-3-5-7-11;1-8-7-14-12(13)10(15-8)11(16)9-5-3-2-4-6-9;1-5-4-10-7(9)6(11-5)8(13)12(2)14-3;1-4-3-9-6(8)5(10-4)7(11)12-2;1-11-6(10)4-5(7)9-3-2-8-4;1-3-2-8-5(7)4(9-3)6(10)11/h3-9H,1-2H3,(H2,15,16);2-7H,1H3,(H2,13,14);4H,1-3H3,(H2,9,10);3H,1-2H3,(H2,8,9);2-3H,1H3,(H2,7,9);2H,1H3,(H2,7,8)(H,10,11)/b12-9+;;;;;. The first-order chi connectivity index (χ1) is 39.0. The molecule has 2 aromatic carbocycles. The normalized spacial score (nSPS) is 10.0. The summed E-state index contributed by atoms with van der Waals surface area (Å²) >= 11 is 0. The summed E-state index contributed by atoms with van der Waals surface area (Å²) < 4.78 is 14.0. The van der Waals surface area contributed by atoms with E-state index in [1.165, 1.54) is 65.6 Å². The van der Waals surface area contributed by atoms with Crippen molar-refractivity contribution in [2.75, 3.05) is 69.9 Å². The lowest BCUT2D eigenvalue weighted by atomic mass is 10.0. The minimum absolute atomic E-state index is 0.0509. The molecule has 0 saturated carbocycles. The van der Waals surface area contributed by atoms with Crippen LogP contribution in [0.1, 0.15) is 97.7 Å². The van der Waals surface area contributed by atoms with Gasteiger partial charge in [0.05, 0.1) is 94.2 Å². The third-order valence-corrected chi connectivity index (χ3v) is 9.88. The Morgan fingerprint density at radius 3 is 1.23 bits per heavy atom. The van der Waals surface area contributed by atoms with Gasteiger partial charge in [0.15, 0.2) is 57.6 Å². The van der Waals surface area contributed by atoms with Crippen LogP contribution in [0.15, 0.2) is 110 Å². The molecule has 6 aromatic heterocycles. The maximum absolute atomic E-state index is 12.0. The Bertz CT molecular complexity index is 3490. The van der Waals surface area contributed by atoms with E-state index in [1.54, 1.807) is 71.5 Å². The molecule has 428 valence electrons. The van der Waals surface area contributed by atoms with E-state index in [-0.39, 0.29) is 63.3 Å². The van der Waals surface area contributed by atoms with Crippen LogP contribution in [0.2, 0.25) is 0 Å². The second-order valence-electron chi connectivity index (χ2n) is 16.1. The number of nitrogen functional groups attached to an aromatic ring is 6. The van der Waals surface area contributed by atoms with Gasteiger partial charge in [-0.05, 0) is 40.2 Å². The summed E-state index contributed by atoms with van der Waals surface area (Å²) in [4.78, 5) is 107. The van der Waals surface area contributed by atoms with Gasteiger partial charge >= 0.3 is 17.9 Å². The minimum atomic E-state index is -1.15. The Balaban J connectivity index is 0.000000261. The van der Waals surface area contributed by atoms with Gasteiger partial charge in [-0.25, -0.2) is 79.3 Å². The third-order valence-electron chi connectivity index (χ3n) is 9.88. The molecule has 0 bridgehead atoms. The van der Waals surface area contributed by atoms with Gasteiger partial charge in [0.2, 0.25) is 5.78 Å². The number of ether oxygens (including phenoxy) is 3. The molecule has 1 amide bonds. The predicted molar refractivity (Wildman–Crippen MR) is 301 cm³/mol. The Hall–Kier alpha value is -11.2. The molecule has 8 aromatic rings. The summed E-state index contributed by atoms with van der Waals surface area (Å²) in [6.07, 6.45) is 12.0. The van der Waals surface area contributed by atoms with Gasteiger partial charge < -0.3 is 53.7 Å². The van der Waals surface area contributed by atoms with Crippen molar-refractivity contribution in [3.8, 4) is 0 Å². The maximum Gasteiger partial charge on any atom is 0.360 e. The fourth-order valence-corrected chi connectivity index (χ4v) is 5.92.